The average molecular weight is 381 g/mol. The molecule has 25 heavy (non-hydrogen) atoms. The zero-order valence-corrected chi connectivity index (χ0v) is 15.3. The Morgan fingerprint density at radius 3 is 2.16 bits per heavy atom. The Morgan fingerprint density at radius 1 is 1.08 bits per heavy atom. The highest BCUT2D eigenvalue weighted by molar-refractivity contribution is 7.86. The minimum absolute atomic E-state index is 0.222. The highest BCUT2D eigenvalue weighted by Crippen LogP contribution is 2.19. The Labute approximate surface area is 151 Å². The molecule has 0 unspecified atom stereocenters. The molecule has 0 aromatic heterocycles. The fraction of sp³-hybridized carbons (Fsp3) is 0.176. The van der Waals surface area contributed by atoms with Crippen molar-refractivity contribution in [3.63, 3.8) is 0 Å². The van der Waals surface area contributed by atoms with Gasteiger partial charge in [-0.25, -0.2) is 0 Å². The van der Waals surface area contributed by atoms with Gasteiger partial charge in [0.15, 0.2) is 6.40 Å². The van der Waals surface area contributed by atoms with Gasteiger partial charge in [0.25, 0.3) is 0 Å². The van der Waals surface area contributed by atoms with Crippen LogP contribution in [0.2, 0.25) is 5.02 Å². The molecule has 0 aliphatic heterocycles. The summed E-state index contributed by atoms with van der Waals surface area (Å²) in [5.41, 5.74) is 2.12. The average Bonchev–Trinajstić information content (AvgIpc) is 2.56. The number of hydrogen-bond donors (Lipinski definition) is 0. The van der Waals surface area contributed by atoms with E-state index in [1.165, 1.54) is 6.40 Å². The molecule has 132 valence electrons. The molecule has 0 spiro atoms. The van der Waals surface area contributed by atoms with Crippen molar-refractivity contribution in [1.29, 1.82) is 0 Å². The van der Waals surface area contributed by atoms with Crippen LogP contribution in [0.25, 0.3) is 0 Å². The molecule has 2 aromatic carbocycles. The molecule has 0 saturated carbocycles. The molecule has 0 aliphatic carbocycles. The quantitative estimate of drug-likeness (QED) is 0.319. The van der Waals surface area contributed by atoms with E-state index in [1.54, 1.807) is 36.4 Å². The fourth-order valence-corrected chi connectivity index (χ4v) is 2.51. The summed E-state index contributed by atoms with van der Waals surface area (Å²) in [6.07, 6.45) is 2.25. The lowest BCUT2D eigenvalue weighted by atomic mass is 10.0. The topological polar surface area (TPSA) is 77.3 Å². The van der Waals surface area contributed by atoms with Gasteiger partial charge in [-0.1, -0.05) is 23.7 Å². The summed E-state index contributed by atoms with van der Waals surface area (Å²) in [5.74, 6) is 0.222. The van der Waals surface area contributed by atoms with Crippen molar-refractivity contribution < 1.29 is 17.3 Å². The molecule has 0 heterocycles. The monoisotopic (exact) mass is 380 g/mol. The van der Waals surface area contributed by atoms with Gasteiger partial charge in [-0.3, -0.25) is 0 Å². The van der Waals surface area contributed by atoms with Gasteiger partial charge in [0.1, 0.15) is 11.5 Å². The second-order valence-corrected chi connectivity index (χ2v) is 6.95. The number of nitrogens with zero attached hydrogens (tertiary/aromatic N) is 2. The molecule has 0 bridgehead atoms. The number of halogens is 1. The third-order valence-corrected chi connectivity index (χ3v) is 3.69. The standard InChI is InChI=1S/C17H17ClN2O4S/c1-3-23-12-19-20-17(13-4-8-15(18)9-5-13)14-6-10-16(11-7-14)24-25(2,21)22/h4-12H,3H2,1-2H3. The first-order valence-electron chi connectivity index (χ1n) is 7.36. The molecule has 0 amide bonds. The van der Waals surface area contributed by atoms with Crippen LogP contribution in [0, 0.1) is 0 Å². The van der Waals surface area contributed by atoms with Crippen LogP contribution in [-0.2, 0) is 14.9 Å². The third kappa shape index (κ3) is 6.21. The van der Waals surface area contributed by atoms with E-state index in [9.17, 15) is 8.42 Å². The summed E-state index contributed by atoms with van der Waals surface area (Å²) in [5, 5.41) is 8.70. The lowest BCUT2D eigenvalue weighted by Gasteiger charge is -2.07. The molecular formula is C17H17ClN2O4S. The maximum atomic E-state index is 11.2. The molecule has 2 aromatic rings. The minimum Gasteiger partial charge on any atom is -0.482 e. The molecule has 6 nitrogen and oxygen atoms in total. The normalized spacial score (nSPS) is 12.4. The van der Waals surface area contributed by atoms with Crippen molar-refractivity contribution in [3.8, 4) is 5.75 Å². The second kappa shape index (κ2) is 8.64. The van der Waals surface area contributed by atoms with Crippen molar-refractivity contribution in [1.82, 2.24) is 0 Å². The number of rotatable bonds is 7. The van der Waals surface area contributed by atoms with Crippen molar-refractivity contribution in [2.45, 2.75) is 6.92 Å². The molecule has 0 radical (unpaired) electrons. The summed E-state index contributed by atoms with van der Waals surface area (Å²) in [4.78, 5) is 0. The van der Waals surface area contributed by atoms with Crippen LogP contribution in [0.5, 0.6) is 5.75 Å². The van der Waals surface area contributed by atoms with Gasteiger partial charge in [0.2, 0.25) is 0 Å². The molecule has 8 heteroatoms. The first-order valence-corrected chi connectivity index (χ1v) is 9.55. The predicted octanol–water partition coefficient (Wildman–Crippen LogP) is 3.50. The van der Waals surface area contributed by atoms with Crippen molar-refractivity contribution >= 4 is 33.8 Å². The Balaban J connectivity index is 2.36. The maximum Gasteiger partial charge on any atom is 0.306 e. The zero-order chi connectivity index (χ0) is 18.3. The van der Waals surface area contributed by atoms with E-state index in [0.717, 1.165) is 17.4 Å². The van der Waals surface area contributed by atoms with E-state index in [-0.39, 0.29) is 5.75 Å². The van der Waals surface area contributed by atoms with Crippen LogP contribution in [0.15, 0.2) is 58.7 Å². The Bertz CT molecular complexity index is 861. The molecule has 2 rings (SSSR count). The van der Waals surface area contributed by atoms with Crippen LogP contribution < -0.4 is 4.18 Å². The first-order chi connectivity index (χ1) is 11.9. The van der Waals surface area contributed by atoms with Gasteiger partial charge in [0, 0.05) is 16.1 Å². The largest absolute Gasteiger partial charge is 0.482 e. The Morgan fingerprint density at radius 2 is 1.64 bits per heavy atom. The molecule has 0 saturated heterocycles. The third-order valence-electron chi connectivity index (χ3n) is 2.94. The van der Waals surface area contributed by atoms with E-state index >= 15 is 0 Å². The van der Waals surface area contributed by atoms with Crippen LogP contribution in [-0.4, -0.2) is 33.4 Å². The lowest BCUT2D eigenvalue weighted by Crippen LogP contribution is -2.07. The molecule has 0 N–H and O–H groups in total. The van der Waals surface area contributed by atoms with Gasteiger partial charge in [0.05, 0.1) is 12.9 Å². The summed E-state index contributed by atoms with van der Waals surface area (Å²) >= 11 is 5.93. The van der Waals surface area contributed by atoms with Gasteiger partial charge in [-0.05, 0) is 43.3 Å². The maximum absolute atomic E-state index is 11.2. The minimum atomic E-state index is -3.57. The van der Waals surface area contributed by atoms with Gasteiger partial charge in [-0.2, -0.15) is 8.42 Å². The van der Waals surface area contributed by atoms with Crippen molar-refractivity contribution in [3.05, 3.63) is 64.7 Å². The van der Waals surface area contributed by atoms with E-state index in [2.05, 4.69) is 10.2 Å². The first kappa shape index (κ1) is 19.0. The Hall–Kier alpha value is -2.38. The van der Waals surface area contributed by atoms with Gasteiger partial charge >= 0.3 is 10.1 Å². The number of hydrogen-bond acceptors (Lipinski definition) is 6. The van der Waals surface area contributed by atoms with Crippen LogP contribution in [0.3, 0.4) is 0 Å². The van der Waals surface area contributed by atoms with E-state index in [1.807, 2.05) is 19.1 Å². The van der Waals surface area contributed by atoms with Gasteiger partial charge in [-0.15, -0.1) is 10.2 Å². The van der Waals surface area contributed by atoms with Crippen LogP contribution in [0.4, 0.5) is 0 Å². The summed E-state index contributed by atoms with van der Waals surface area (Å²) < 4.78 is 32.2. The molecular weight excluding hydrogens is 364 g/mol. The van der Waals surface area contributed by atoms with Gasteiger partial charge < -0.3 is 8.92 Å². The van der Waals surface area contributed by atoms with Crippen LogP contribution >= 0.6 is 11.6 Å². The molecule has 0 fully saturated rings. The summed E-state index contributed by atoms with van der Waals surface area (Å²) in [6, 6.07) is 13.6. The highest BCUT2D eigenvalue weighted by atomic mass is 35.5. The smallest absolute Gasteiger partial charge is 0.306 e. The van der Waals surface area contributed by atoms with E-state index in [4.69, 9.17) is 20.5 Å². The predicted molar refractivity (Wildman–Crippen MR) is 99.1 cm³/mol. The summed E-state index contributed by atoms with van der Waals surface area (Å²) in [6.45, 7) is 2.34. The van der Waals surface area contributed by atoms with Crippen LogP contribution in [0.1, 0.15) is 18.1 Å². The zero-order valence-electron chi connectivity index (χ0n) is 13.7. The number of ether oxygens (including phenoxy) is 1. The molecule has 0 atom stereocenters. The van der Waals surface area contributed by atoms with Crippen molar-refractivity contribution in [2.75, 3.05) is 12.9 Å². The number of benzene rings is 2. The lowest BCUT2D eigenvalue weighted by molar-refractivity contribution is 0.342. The highest BCUT2D eigenvalue weighted by Gasteiger charge is 2.09. The molecule has 0 aliphatic rings. The Kier molecular flexibility index (Phi) is 6.55. The van der Waals surface area contributed by atoms with E-state index < -0.39 is 10.1 Å². The fourth-order valence-electron chi connectivity index (χ4n) is 1.92. The SMILES string of the molecule is CCOC=NN=C(c1ccc(Cl)cc1)c1ccc(OS(C)(=O)=O)cc1. The second-order valence-electron chi connectivity index (χ2n) is 4.94. The van der Waals surface area contributed by atoms with E-state index in [0.29, 0.717) is 17.3 Å². The summed E-state index contributed by atoms with van der Waals surface area (Å²) in [7, 11) is -3.57. The van der Waals surface area contributed by atoms with Crippen molar-refractivity contribution in [2.24, 2.45) is 10.2 Å².